The topological polar surface area (TPSA) is 61.6 Å². The lowest BCUT2D eigenvalue weighted by Crippen LogP contribution is -2.04. The molecular formula is C13H11BrN4. The summed E-state index contributed by atoms with van der Waals surface area (Å²) < 4.78 is 1.05. The molecule has 2 rings (SSSR count). The van der Waals surface area contributed by atoms with Crippen LogP contribution in [0.3, 0.4) is 0 Å². The van der Waals surface area contributed by atoms with Crippen LogP contribution in [-0.2, 0) is 6.54 Å². The van der Waals surface area contributed by atoms with E-state index in [2.05, 4.69) is 50.5 Å². The zero-order valence-corrected chi connectivity index (χ0v) is 11.4. The number of aryl methyl sites for hydroxylation is 1. The Hall–Kier alpha value is -1.93. The van der Waals surface area contributed by atoms with Gasteiger partial charge in [-0.15, -0.1) is 10.2 Å². The highest BCUT2D eigenvalue weighted by Crippen LogP contribution is 2.17. The van der Waals surface area contributed by atoms with Gasteiger partial charge in [-0.2, -0.15) is 5.26 Å². The zero-order chi connectivity index (χ0) is 13.0. The zero-order valence-electron chi connectivity index (χ0n) is 9.81. The van der Waals surface area contributed by atoms with Crippen molar-refractivity contribution in [1.82, 2.24) is 10.2 Å². The summed E-state index contributed by atoms with van der Waals surface area (Å²) in [5.41, 5.74) is 2.72. The summed E-state index contributed by atoms with van der Waals surface area (Å²) >= 11 is 3.45. The van der Waals surface area contributed by atoms with E-state index in [0.29, 0.717) is 18.1 Å². The van der Waals surface area contributed by atoms with E-state index in [0.717, 1.165) is 4.47 Å². The second kappa shape index (κ2) is 5.61. The van der Waals surface area contributed by atoms with Crippen LogP contribution in [-0.4, -0.2) is 10.2 Å². The van der Waals surface area contributed by atoms with Gasteiger partial charge in [-0.25, -0.2) is 0 Å². The highest BCUT2D eigenvalue weighted by atomic mass is 79.9. The van der Waals surface area contributed by atoms with E-state index in [1.54, 1.807) is 12.1 Å². The molecule has 2 aromatic rings. The van der Waals surface area contributed by atoms with Crippen LogP contribution in [0.4, 0.5) is 5.82 Å². The van der Waals surface area contributed by atoms with E-state index in [-0.39, 0.29) is 0 Å². The number of nitrogens with zero attached hydrogens (tertiary/aromatic N) is 3. The normalized spacial score (nSPS) is 9.83. The van der Waals surface area contributed by atoms with Crippen molar-refractivity contribution in [1.29, 1.82) is 5.26 Å². The molecule has 0 spiro atoms. The van der Waals surface area contributed by atoms with Crippen LogP contribution in [0.5, 0.6) is 0 Å². The molecule has 1 heterocycles. The van der Waals surface area contributed by atoms with Gasteiger partial charge >= 0.3 is 0 Å². The summed E-state index contributed by atoms with van der Waals surface area (Å²) in [5.74, 6) is 0.661. The quantitative estimate of drug-likeness (QED) is 0.946. The van der Waals surface area contributed by atoms with Gasteiger partial charge < -0.3 is 5.32 Å². The molecule has 0 aliphatic carbocycles. The molecule has 18 heavy (non-hydrogen) atoms. The molecule has 0 saturated carbocycles. The molecule has 1 aromatic carbocycles. The number of hydrogen-bond acceptors (Lipinski definition) is 4. The Morgan fingerprint density at radius 1 is 1.28 bits per heavy atom. The maximum Gasteiger partial charge on any atom is 0.163 e. The minimum Gasteiger partial charge on any atom is -0.364 e. The lowest BCUT2D eigenvalue weighted by Gasteiger charge is -2.08. The van der Waals surface area contributed by atoms with Gasteiger partial charge in [-0.3, -0.25) is 0 Å². The van der Waals surface area contributed by atoms with Crippen LogP contribution in [0.25, 0.3) is 0 Å². The third-order valence-corrected chi connectivity index (χ3v) is 3.04. The van der Waals surface area contributed by atoms with Crippen LogP contribution in [0.15, 0.2) is 34.8 Å². The number of benzene rings is 1. The van der Waals surface area contributed by atoms with E-state index in [9.17, 15) is 0 Å². The second-order valence-corrected chi connectivity index (χ2v) is 4.76. The average Bonchev–Trinajstić information content (AvgIpc) is 2.40. The molecule has 0 bridgehead atoms. The van der Waals surface area contributed by atoms with Crippen molar-refractivity contribution in [2.75, 3.05) is 5.32 Å². The van der Waals surface area contributed by atoms with Crippen molar-refractivity contribution in [2.24, 2.45) is 0 Å². The first-order valence-corrected chi connectivity index (χ1v) is 6.21. The van der Waals surface area contributed by atoms with Crippen molar-refractivity contribution < 1.29 is 0 Å². The third-order valence-electron chi connectivity index (χ3n) is 2.55. The van der Waals surface area contributed by atoms with Gasteiger partial charge in [-0.05, 0) is 42.3 Å². The molecular weight excluding hydrogens is 292 g/mol. The van der Waals surface area contributed by atoms with Crippen molar-refractivity contribution in [2.45, 2.75) is 13.5 Å². The second-order valence-electron chi connectivity index (χ2n) is 3.84. The number of halogens is 1. The van der Waals surface area contributed by atoms with Gasteiger partial charge in [-0.1, -0.05) is 22.0 Å². The van der Waals surface area contributed by atoms with Crippen molar-refractivity contribution in [3.63, 3.8) is 0 Å². The molecule has 0 fully saturated rings. The predicted octanol–water partition coefficient (Wildman–Crippen LogP) is 3.03. The molecule has 1 aromatic heterocycles. The van der Waals surface area contributed by atoms with E-state index < -0.39 is 0 Å². The molecule has 1 N–H and O–H groups in total. The van der Waals surface area contributed by atoms with Crippen LogP contribution in [0.1, 0.15) is 16.8 Å². The van der Waals surface area contributed by atoms with Gasteiger partial charge in [0.1, 0.15) is 11.9 Å². The molecule has 0 unspecified atom stereocenters. The van der Waals surface area contributed by atoms with E-state index >= 15 is 0 Å². The first kappa shape index (κ1) is 12.5. The fraction of sp³-hybridized carbons (Fsp3) is 0.154. The Labute approximate surface area is 114 Å². The summed E-state index contributed by atoms with van der Waals surface area (Å²) in [7, 11) is 0. The Balaban J connectivity index is 2.07. The standard InChI is InChI=1S/C13H11BrN4/c1-9-2-3-11(14)6-10(9)8-16-13-5-4-12(7-15)17-18-13/h2-6H,8H2,1H3,(H,16,18). The van der Waals surface area contributed by atoms with Gasteiger partial charge in [0.2, 0.25) is 0 Å². The van der Waals surface area contributed by atoms with Crippen molar-refractivity contribution in [3.05, 3.63) is 51.6 Å². The Morgan fingerprint density at radius 3 is 2.78 bits per heavy atom. The molecule has 90 valence electrons. The Morgan fingerprint density at radius 2 is 2.11 bits per heavy atom. The van der Waals surface area contributed by atoms with Crippen LogP contribution >= 0.6 is 15.9 Å². The first-order valence-electron chi connectivity index (χ1n) is 5.42. The van der Waals surface area contributed by atoms with E-state index in [4.69, 9.17) is 5.26 Å². The maximum absolute atomic E-state index is 8.63. The first-order chi connectivity index (χ1) is 8.69. The van der Waals surface area contributed by atoms with E-state index in [1.807, 2.05) is 12.1 Å². The minimum atomic E-state index is 0.319. The minimum absolute atomic E-state index is 0.319. The highest BCUT2D eigenvalue weighted by molar-refractivity contribution is 9.10. The summed E-state index contributed by atoms with van der Waals surface area (Å²) in [6.45, 7) is 2.74. The van der Waals surface area contributed by atoms with Crippen LogP contribution < -0.4 is 5.32 Å². The van der Waals surface area contributed by atoms with Gasteiger partial charge in [0.05, 0.1) is 0 Å². The molecule has 0 radical (unpaired) electrons. The molecule has 0 amide bonds. The molecule has 4 nitrogen and oxygen atoms in total. The third kappa shape index (κ3) is 3.05. The summed E-state index contributed by atoms with van der Waals surface area (Å²) in [6, 6.07) is 11.5. The van der Waals surface area contributed by atoms with Crippen molar-refractivity contribution >= 4 is 21.7 Å². The Bertz CT molecular complexity index is 587. The van der Waals surface area contributed by atoms with Crippen LogP contribution in [0.2, 0.25) is 0 Å². The summed E-state index contributed by atoms with van der Waals surface area (Å²) in [5, 5.41) is 19.5. The molecule has 5 heteroatoms. The number of aromatic nitrogens is 2. The van der Waals surface area contributed by atoms with Gasteiger partial charge in [0, 0.05) is 11.0 Å². The highest BCUT2D eigenvalue weighted by Gasteiger charge is 2.01. The molecule has 0 aliphatic heterocycles. The SMILES string of the molecule is Cc1ccc(Br)cc1CNc1ccc(C#N)nn1. The predicted molar refractivity (Wildman–Crippen MR) is 73.0 cm³/mol. The average molecular weight is 303 g/mol. The molecule has 0 saturated heterocycles. The number of nitriles is 1. The number of anilines is 1. The summed E-state index contributed by atoms with van der Waals surface area (Å²) in [4.78, 5) is 0. The van der Waals surface area contributed by atoms with Gasteiger partial charge in [0.25, 0.3) is 0 Å². The smallest absolute Gasteiger partial charge is 0.163 e. The van der Waals surface area contributed by atoms with Crippen molar-refractivity contribution in [3.8, 4) is 6.07 Å². The van der Waals surface area contributed by atoms with E-state index in [1.165, 1.54) is 11.1 Å². The lowest BCUT2D eigenvalue weighted by atomic mass is 10.1. The number of rotatable bonds is 3. The lowest BCUT2D eigenvalue weighted by molar-refractivity contribution is 0.981. The molecule has 0 aliphatic rings. The number of nitrogens with one attached hydrogen (secondary N) is 1. The fourth-order valence-corrected chi connectivity index (χ4v) is 1.91. The maximum atomic E-state index is 8.63. The van der Waals surface area contributed by atoms with Gasteiger partial charge in [0.15, 0.2) is 5.69 Å². The summed E-state index contributed by atoms with van der Waals surface area (Å²) in [6.07, 6.45) is 0. The monoisotopic (exact) mass is 302 g/mol. The largest absolute Gasteiger partial charge is 0.364 e. The fourth-order valence-electron chi connectivity index (χ4n) is 1.50. The Kier molecular flexibility index (Phi) is 3.90. The van der Waals surface area contributed by atoms with Crippen LogP contribution in [0, 0.1) is 18.3 Å². The number of hydrogen-bond donors (Lipinski definition) is 1. The molecule has 0 atom stereocenters.